The molecule has 1 aliphatic rings. The average Bonchev–Trinajstić information content (AvgIpc) is 2.61. The van der Waals surface area contributed by atoms with E-state index in [0.29, 0.717) is 12.8 Å². The van der Waals surface area contributed by atoms with Gasteiger partial charge in [0.25, 0.3) is 0 Å². The highest BCUT2D eigenvalue weighted by atomic mass is 32.2. The van der Waals surface area contributed by atoms with Gasteiger partial charge in [0.1, 0.15) is 6.04 Å². The summed E-state index contributed by atoms with van der Waals surface area (Å²) in [5.74, 6) is -1.99. The molecule has 0 bridgehead atoms. The number of sulfonamides is 1. The molecule has 27 heavy (non-hydrogen) atoms. The number of piperidine rings is 1. The fourth-order valence-electron chi connectivity index (χ4n) is 3.17. The molecule has 0 aromatic heterocycles. The summed E-state index contributed by atoms with van der Waals surface area (Å²) < 4.78 is 27.1. The first kappa shape index (κ1) is 21.4. The largest absolute Gasteiger partial charge is 0.480 e. The number of nitrogens with zero attached hydrogens (tertiary/aromatic N) is 1. The van der Waals surface area contributed by atoms with Gasteiger partial charge in [-0.25, -0.2) is 13.2 Å². The van der Waals surface area contributed by atoms with E-state index in [9.17, 15) is 23.1 Å². The molecule has 7 nitrogen and oxygen atoms in total. The number of nitrogens with one attached hydrogen (secondary N) is 1. The van der Waals surface area contributed by atoms with Crippen molar-refractivity contribution in [3.63, 3.8) is 0 Å². The van der Waals surface area contributed by atoms with Crippen LogP contribution in [0.3, 0.4) is 0 Å². The van der Waals surface area contributed by atoms with E-state index in [4.69, 9.17) is 0 Å². The Bertz CT molecular complexity index is 811. The van der Waals surface area contributed by atoms with Crippen LogP contribution in [0.15, 0.2) is 23.1 Å². The second-order valence-corrected chi connectivity index (χ2v) is 9.43. The first-order valence-electron chi connectivity index (χ1n) is 9.14. The van der Waals surface area contributed by atoms with Crippen LogP contribution >= 0.6 is 0 Å². The van der Waals surface area contributed by atoms with Crippen molar-refractivity contribution in [2.75, 3.05) is 13.1 Å². The van der Waals surface area contributed by atoms with E-state index >= 15 is 0 Å². The van der Waals surface area contributed by atoms with Gasteiger partial charge in [-0.2, -0.15) is 4.31 Å². The molecule has 0 spiro atoms. The minimum absolute atomic E-state index is 0.225. The number of hydrogen-bond acceptors (Lipinski definition) is 4. The van der Waals surface area contributed by atoms with Crippen molar-refractivity contribution in [1.82, 2.24) is 9.62 Å². The van der Waals surface area contributed by atoms with Crippen molar-refractivity contribution in [3.8, 4) is 0 Å². The number of rotatable bonds is 6. The number of aryl methyl sites for hydroxylation is 2. The number of carbonyl (C=O) groups excluding carboxylic acids is 1. The van der Waals surface area contributed by atoms with Gasteiger partial charge in [-0.05, 0) is 55.9 Å². The van der Waals surface area contributed by atoms with E-state index in [1.165, 1.54) is 4.31 Å². The molecule has 2 N–H and O–H groups in total. The number of aliphatic carboxylic acids is 1. The topological polar surface area (TPSA) is 104 Å². The van der Waals surface area contributed by atoms with E-state index in [1.807, 2.05) is 13.8 Å². The van der Waals surface area contributed by atoms with Crippen LogP contribution in [-0.4, -0.2) is 48.8 Å². The molecule has 1 amide bonds. The van der Waals surface area contributed by atoms with Crippen LogP contribution in [0.2, 0.25) is 0 Å². The molecule has 1 aliphatic heterocycles. The molecule has 0 saturated carbocycles. The van der Waals surface area contributed by atoms with Gasteiger partial charge < -0.3 is 10.4 Å². The average molecular weight is 397 g/mol. The first-order chi connectivity index (χ1) is 12.5. The van der Waals surface area contributed by atoms with Crippen LogP contribution in [0.5, 0.6) is 0 Å². The molecule has 1 atom stereocenters. The molecular formula is C19H28N2O5S. The van der Waals surface area contributed by atoms with Crippen LogP contribution in [0.1, 0.15) is 37.8 Å². The standard InChI is InChI=1S/C19H28N2O5S/c1-12(2)17(19(23)24)20-18(22)15-7-9-21(10-8-15)27(25,26)16-6-5-13(3)14(4)11-16/h5-6,11-12,15,17H,7-10H2,1-4H3,(H,20,22)(H,23,24)/t17-/m1/s1. The van der Waals surface area contributed by atoms with Crippen LogP contribution < -0.4 is 5.32 Å². The zero-order valence-corrected chi connectivity index (χ0v) is 17.0. The Morgan fingerprint density at radius 1 is 1.15 bits per heavy atom. The van der Waals surface area contributed by atoms with Crippen LogP contribution in [0.4, 0.5) is 0 Å². The number of carboxylic acids is 1. The van der Waals surface area contributed by atoms with Gasteiger partial charge >= 0.3 is 5.97 Å². The van der Waals surface area contributed by atoms with Crippen LogP contribution in [-0.2, 0) is 19.6 Å². The Balaban J connectivity index is 2.02. The predicted octanol–water partition coefficient (Wildman–Crippen LogP) is 1.93. The minimum atomic E-state index is -3.59. The highest BCUT2D eigenvalue weighted by Crippen LogP contribution is 2.25. The van der Waals surface area contributed by atoms with Gasteiger partial charge in [-0.3, -0.25) is 4.79 Å². The summed E-state index contributed by atoms with van der Waals surface area (Å²) in [6.07, 6.45) is 0.751. The summed E-state index contributed by atoms with van der Waals surface area (Å²) in [4.78, 5) is 23.9. The summed E-state index contributed by atoms with van der Waals surface area (Å²) in [5.41, 5.74) is 1.95. The van der Waals surface area contributed by atoms with E-state index in [2.05, 4.69) is 5.32 Å². The van der Waals surface area contributed by atoms with E-state index < -0.39 is 22.0 Å². The van der Waals surface area contributed by atoms with Crippen molar-refractivity contribution in [3.05, 3.63) is 29.3 Å². The first-order valence-corrected chi connectivity index (χ1v) is 10.6. The molecule has 0 radical (unpaired) electrons. The Morgan fingerprint density at radius 2 is 1.74 bits per heavy atom. The van der Waals surface area contributed by atoms with Crippen molar-refractivity contribution in [2.45, 2.75) is 51.5 Å². The molecule has 8 heteroatoms. The maximum Gasteiger partial charge on any atom is 0.326 e. The lowest BCUT2D eigenvalue weighted by Crippen LogP contribution is -2.49. The second kappa shape index (κ2) is 8.39. The maximum atomic E-state index is 12.8. The summed E-state index contributed by atoms with van der Waals surface area (Å²) in [6.45, 7) is 7.75. The van der Waals surface area contributed by atoms with Gasteiger partial charge in [-0.1, -0.05) is 19.9 Å². The molecule has 0 unspecified atom stereocenters. The van der Waals surface area contributed by atoms with Gasteiger partial charge in [0, 0.05) is 19.0 Å². The van der Waals surface area contributed by atoms with Crippen molar-refractivity contribution < 1.29 is 23.1 Å². The predicted molar refractivity (Wildman–Crippen MR) is 102 cm³/mol. The third kappa shape index (κ3) is 4.87. The molecule has 150 valence electrons. The van der Waals surface area contributed by atoms with Gasteiger partial charge in [0.2, 0.25) is 15.9 Å². The number of amides is 1. The quantitative estimate of drug-likeness (QED) is 0.765. The lowest BCUT2D eigenvalue weighted by Gasteiger charge is -2.31. The van der Waals surface area contributed by atoms with Crippen LogP contribution in [0, 0.1) is 25.7 Å². The second-order valence-electron chi connectivity index (χ2n) is 7.49. The molecule has 1 aromatic rings. The van der Waals surface area contributed by atoms with Gasteiger partial charge in [-0.15, -0.1) is 0 Å². The highest BCUT2D eigenvalue weighted by molar-refractivity contribution is 7.89. The smallest absolute Gasteiger partial charge is 0.326 e. The molecule has 1 fully saturated rings. The Kier molecular flexibility index (Phi) is 6.64. The number of benzene rings is 1. The lowest BCUT2D eigenvalue weighted by atomic mass is 9.95. The Labute approximate surface area is 160 Å². The minimum Gasteiger partial charge on any atom is -0.480 e. The number of hydrogen-bond donors (Lipinski definition) is 2. The fraction of sp³-hybridized carbons (Fsp3) is 0.579. The molecule has 1 heterocycles. The van der Waals surface area contributed by atoms with E-state index in [-0.39, 0.29) is 35.7 Å². The third-order valence-corrected chi connectivity index (χ3v) is 7.07. The van der Waals surface area contributed by atoms with E-state index in [1.54, 1.807) is 32.0 Å². The summed E-state index contributed by atoms with van der Waals surface area (Å²) in [6, 6.07) is 4.13. The third-order valence-electron chi connectivity index (χ3n) is 5.17. The molecule has 2 rings (SSSR count). The monoisotopic (exact) mass is 396 g/mol. The van der Waals surface area contributed by atoms with Gasteiger partial charge in [0.05, 0.1) is 4.90 Å². The van der Waals surface area contributed by atoms with Gasteiger partial charge in [0.15, 0.2) is 0 Å². The Morgan fingerprint density at radius 3 is 2.22 bits per heavy atom. The fourth-order valence-corrected chi connectivity index (χ4v) is 4.72. The van der Waals surface area contributed by atoms with Crippen molar-refractivity contribution in [1.29, 1.82) is 0 Å². The van der Waals surface area contributed by atoms with Crippen LogP contribution in [0.25, 0.3) is 0 Å². The van der Waals surface area contributed by atoms with Crippen molar-refractivity contribution in [2.24, 2.45) is 11.8 Å². The molecule has 0 aliphatic carbocycles. The summed E-state index contributed by atoms with van der Waals surface area (Å²) in [5, 5.41) is 11.8. The number of carboxylic acid groups (broad SMARTS) is 1. The highest BCUT2D eigenvalue weighted by Gasteiger charge is 2.34. The van der Waals surface area contributed by atoms with E-state index in [0.717, 1.165) is 11.1 Å². The summed E-state index contributed by atoms with van der Waals surface area (Å²) >= 11 is 0. The normalized spacial score (nSPS) is 17.7. The SMILES string of the molecule is Cc1ccc(S(=O)(=O)N2CCC(C(=O)N[C@@H](C(=O)O)C(C)C)CC2)cc1C. The molecular weight excluding hydrogens is 368 g/mol. The number of carbonyl (C=O) groups is 2. The molecule has 1 aromatic carbocycles. The summed E-state index contributed by atoms with van der Waals surface area (Å²) in [7, 11) is -3.59. The van der Waals surface area contributed by atoms with Crippen molar-refractivity contribution >= 4 is 21.9 Å². The maximum absolute atomic E-state index is 12.8. The zero-order valence-electron chi connectivity index (χ0n) is 16.2. The lowest BCUT2D eigenvalue weighted by molar-refractivity contribution is -0.144. The molecule has 1 saturated heterocycles. The Hall–Kier alpha value is -1.93. The zero-order chi connectivity index (χ0) is 20.4.